The highest BCUT2D eigenvalue weighted by molar-refractivity contribution is 5.78. The second-order valence-corrected chi connectivity index (χ2v) is 3.86. The topological polar surface area (TPSA) is 55.4 Å². The van der Waals surface area contributed by atoms with Crippen LogP contribution in [0.5, 0.6) is 5.75 Å². The number of hydrogen-bond acceptors (Lipinski definition) is 3. The van der Waals surface area contributed by atoms with Crippen molar-refractivity contribution in [3.05, 3.63) is 29.8 Å². The van der Waals surface area contributed by atoms with Crippen molar-refractivity contribution in [2.45, 2.75) is 26.3 Å². The van der Waals surface area contributed by atoms with Gasteiger partial charge in [-0.25, -0.2) is 0 Å². The second-order valence-electron chi connectivity index (χ2n) is 3.86. The van der Waals surface area contributed by atoms with Gasteiger partial charge in [0.05, 0.1) is 0 Å². The summed E-state index contributed by atoms with van der Waals surface area (Å²) in [5, 5.41) is 2.79. The number of hydrogen-bond donors (Lipinski definition) is 1. The first kappa shape index (κ1) is 13.2. The highest BCUT2D eigenvalue weighted by atomic mass is 16.5. The lowest BCUT2D eigenvalue weighted by Crippen LogP contribution is -2.35. The molecule has 0 radical (unpaired) electrons. The van der Waals surface area contributed by atoms with Gasteiger partial charge < -0.3 is 10.1 Å². The Hall–Kier alpha value is -1.84. The van der Waals surface area contributed by atoms with Gasteiger partial charge in [0.15, 0.2) is 6.61 Å². The Labute approximate surface area is 101 Å². The van der Waals surface area contributed by atoms with E-state index in [9.17, 15) is 9.59 Å². The van der Waals surface area contributed by atoms with E-state index in [0.29, 0.717) is 11.3 Å². The number of amides is 1. The van der Waals surface area contributed by atoms with E-state index in [0.717, 1.165) is 12.7 Å². The monoisotopic (exact) mass is 235 g/mol. The van der Waals surface area contributed by atoms with Gasteiger partial charge in [-0.3, -0.25) is 9.59 Å². The van der Waals surface area contributed by atoms with E-state index in [1.165, 1.54) is 0 Å². The molecule has 0 spiro atoms. The van der Waals surface area contributed by atoms with E-state index in [2.05, 4.69) is 5.32 Å². The van der Waals surface area contributed by atoms with E-state index in [4.69, 9.17) is 4.74 Å². The minimum Gasteiger partial charge on any atom is -0.484 e. The second kappa shape index (κ2) is 6.68. The lowest BCUT2D eigenvalue weighted by Gasteiger charge is -2.12. The molecule has 1 rings (SSSR count). The van der Waals surface area contributed by atoms with Gasteiger partial charge in [0.2, 0.25) is 0 Å². The molecule has 17 heavy (non-hydrogen) atoms. The third-order valence-corrected chi connectivity index (χ3v) is 2.38. The Balaban J connectivity index is 2.44. The maximum atomic E-state index is 11.4. The molecule has 4 heteroatoms. The van der Waals surface area contributed by atoms with Crippen molar-refractivity contribution in [3.63, 3.8) is 0 Å². The number of carbonyl (C=O) groups excluding carboxylic acids is 2. The van der Waals surface area contributed by atoms with Gasteiger partial charge in [0.1, 0.15) is 12.0 Å². The molecule has 0 aliphatic carbocycles. The summed E-state index contributed by atoms with van der Waals surface area (Å²) in [5.74, 6) is 0.366. The molecular weight excluding hydrogens is 218 g/mol. The van der Waals surface area contributed by atoms with E-state index in [-0.39, 0.29) is 18.6 Å². The first-order valence-corrected chi connectivity index (χ1v) is 5.63. The fourth-order valence-electron chi connectivity index (χ4n) is 1.25. The van der Waals surface area contributed by atoms with Crippen LogP contribution in [0.25, 0.3) is 0 Å². The third-order valence-electron chi connectivity index (χ3n) is 2.38. The quantitative estimate of drug-likeness (QED) is 0.765. The zero-order valence-corrected chi connectivity index (χ0v) is 10.1. The van der Waals surface area contributed by atoms with Crippen LogP contribution in [-0.4, -0.2) is 24.8 Å². The van der Waals surface area contributed by atoms with Crippen LogP contribution in [0, 0.1) is 0 Å². The zero-order chi connectivity index (χ0) is 12.7. The van der Waals surface area contributed by atoms with Crippen molar-refractivity contribution in [1.29, 1.82) is 0 Å². The molecule has 1 aromatic rings. The molecule has 1 unspecified atom stereocenters. The largest absolute Gasteiger partial charge is 0.484 e. The highest BCUT2D eigenvalue weighted by Gasteiger charge is 2.06. The predicted octanol–water partition coefficient (Wildman–Crippen LogP) is 1.79. The van der Waals surface area contributed by atoms with Gasteiger partial charge in [0, 0.05) is 11.6 Å². The molecule has 0 heterocycles. The minimum absolute atomic E-state index is 0.0351. The van der Waals surface area contributed by atoms with E-state index >= 15 is 0 Å². The molecule has 1 N–H and O–H groups in total. The fraction of sp³-hybridized carbons (Fsp3) is 0.385. The van der Waals surface area contributed by atoms with E-state index in [1.54, 1.807) is 24.3 Å². The molecule has 1 aromatic carbocycles. The van der Waals surface area contributed by atoms with Gasteiger partial charge in [0.25, 0.3) is 5.91 Å². The lowest BCUT2D eigenvalue weighted by molar-refractivity contribution is -0.123. The van der Waals surface area contributed by atoms with Crippen LogP contribution < -0.4 is 10.1 Å². The molecule has 0 saturated carbocycles. The van der Waals surface area contributed by atoms with Crippen LogP contribution in [0.15, 0.2) is 24.3 Å². The molecular formula is C13H17NO3. The third kappa shape index (κ3) is 4.68. The van der Waals surface area contributed by atoms with Crippen LogP contribution in [0.4, 0.5) is 0 Å². The van der Waals surface area contributed by atoms with E-state index < -0.39 is 0 Å². The Morgan fingerprint density at radius 3 is 2.94 bits per heavy atom. The lowest BCUT2D eigenvalue weighted by atomic mass is 10.2. The number of aldehydes is 1. The molecule has 0 aliphatic rings. The number of ether oxygens (including phenoxy) is 1. The summed E-state index contributed by atoms with van der Waals surface area (Å²) in [5.41, 5.74) is 0.532. The molecule has 0 aliphatic heterocycles. The van der Waals surface area contributed by atoms with Crippen LogP contribution in [0.1, 0.15) is 30.6 Å². The molecule has 1 atom stereocenters. The number of benzene rings is 1. The molecule has 0 aromatic heterocycles. The molecule has 0 bridgehead atoms. The van der Waals surface area contributed by atoms with Gasteiger partial charge >= 0.3 is 0 Å². The van der Waals surface area contributed by atoms with Crippen molar-refractivity contribution in [3.8, 4) is 5.75 Å². The average Bonchev–Trinajstić information content (AvgIpc) is 2.36. The summed E-state index contributed by atoms with van der Waals surface area (Å²) < 4.78 is 5.28. The highest BCUT2D eigenvalue weighted by Crippen LogP contribution is 2.11. The van der Waals surface area contributed by atoms with Crippen LogP contribution in [0.2, 0.25) is 0 Å². The van der Waals surface area contributed by atoms with Gasteiger partial charge in [-0.2, -0.15) is 0 Å². The summed E-state index contributed by atoms with van der Waals surface area (Å²) in [6.45, 7) is 3.90. The first-order chi connectivity index (χ1) is 8.15. The summed E-state index contributed by atoms with van der Waals surface area (Å²) in [4.78, 5) is 22.0. The molecule has 92 valence electrons. The van der Waals surface area contributed by atoms with Crippen molar-refractivity contribution >= 4 is 12.2 Å². The van der Waals surface area contributed by atoms with Crippen LogP contribution >= 0.6 is 0 Å². The minimum atomic E-state index is -0.157. The number of rotatable bonds is 6. The Morgan fingerprint density at radius 1 is 1.53 bits per heavy atom. The Morgan fingerprint density at radius 2 is 2.29 bits per heavy atom. The van der Waals surface area contributed by atoms with Gasteiger partial charge in [-0.05, 0) is 25.5 Å². The van der Waals surface area contributed by atoms with Crippen molar-refractivity contribution in [1.82, 2.24) is 5.32 Å². The van der Waals surface area contributed by atoms with Crippen molar-refractivity contribution in [2.24, 2.45) is 0 Å². The Bertz CT molecular complexity index is 390. The first-order valence-electron chi connectivity index (χ1n) is 5.63. The summed E-state index contributed by atoms with van der Waals surface area (Å²) in [6.07, 6.45) is 1.62. The maximum Gasteiger partial charge on any atom is 0.258 e. The summed E-state index contributed by atoms with van der Waals surface area (Å²) in [6, 6.07) is 6.85. The maximum absolute atomic E-state index is 11.4. The molecule has 4 nitrogen and oxygen atoms in total. The number of nitrogens with one attached hydrogen (secondary N) is 1. The molecule has 0 fully saturated rings. The number of carbonyl (C=O) groups is 2. The standard InChI is InChI=1S/C13H17NO3/c1-3-10(2)14-13(16)9-17-12-6-4-5-11(7-12)8-15/h4-8,10H,3,9H2,1-2H3,(H,14,16). The predicted molar refractivity (Wildman–Crippen MR) is 65.2 cm³/mol. The molecule has 1 amide bonds. The summed E-state index contributed by atoms with van der Waals surface area (Å²) >= 11 is 0. The van der Waals surface area contributed by atoms with Crippen molar-refractivity contribution < 1.29 is 14.3 Å². The SMILES string of the molecule is CCC(C)NC(=O)COc1cccc(C=O)c1. The van der Waals surface area contributed by atoms with E-state index in [1.807, 2.05) is 13.8 Å². The molecule has 0 saturated heterocycles. The fourth-order valence-corrected chi connectivity index (χ4v) is 1.25. The van der Waals surface area contributed by atoms with Crippen LogP contribution in [0.3, 0.4) is 0 Å². The zero-order valence-electron chi connectivity index (χ0n) is 10.1. The normalized spacial score (nSPS) is 11.6. The van der Waals surface area contributed by atoms with Crippen LogP contribution in [-0.2, 0) is 4.79 Å². The Kier molecular flexibility index (Phi) is 5.20. The summed E-state index contributed by atoms with van der Waals surface area (Å²) in [7, 11) is 0. The average molecular weight is 235 g/mol. The van der Waals surface area contributed by atoms with Gasteiger partial charge in [-0.1, -0.05) is 19.1 Å². The van der Waals surface area contributed by atoms with Gasteiger partial charge in [-0.15, -0.1) is 0 Å². The smallest absolute Gasteiger partial charge is 0.258 e. The van der Waals surface area contributed by atoms with Crippen molar-refractivity contribution in [2.75, 3.05) is 6.61 Å².